The summed E-state index contributed by atoms with van der Waals surface area (Å²) in [6, 6.07) is 14.6. The zero-order chi connectivity index (χ0) is 14.9. The van der Waals surface area contributed by atoms with Crippen molar-refractivity contribution in [3.8, 4) is 17.2 Å². The van der Waals surface area contributed by atoms with Crippen LogP contribution in [0.2, 0.25) is 0 Å². The molecular weight excluding hydrogens is 268 g/mol. The normalized spacial score (nSPS) is 9.95. The third-order valence-corrected chi connectivity index (χ3v) is 2.77. The van der Waals surface area contributed by atoms with E-state index in [0.717, 1.165) is 17.8 Å². The highest BCUT2D eigenvalue weighted by Gasteiger charge is 2.02. The van der Waals surface area contributed by atoms with E-state index in [1.165, 1.54) is 0 Å². The fourth-order valence-corrected chi connectivity index (χ4v) is 1.84. The molecule has 0 aliphatic heterocycles. The predicted molar refractivity (Wildman–Crippen MR) is 80.4 cm³/mol. The highest BCUT2D eigenvalue weighted by atomic mass is 16.5. The van der Waals surface area contributed by atoms with Crippen molar-refractivity contribution in [3.05, 3.63) is 54.1 Å². The van der Waals surface area contributed by atoms with Crippen molar-refractivity contribution < 1.29 is 19.0 Å². The lowest BCUT2D eigenvalue weighted by Crippen LogP contribution is -2.10. The number of aldehydes is 1. The summed E-state index contributed by atoms with van der Waals surface area (Å²) in [5.41, 5.74) is 0.538. The van der Waals surface area contributed by atoms with Crippen molar-refractivity contribution in [2.24, 2.45) is 0 Å². The van der Waals surface area contributed by atoms with Gasteiger partial charge in [0.1, 0.15) is 30.5 Å². The number of ether oxygens (including phenoxy) is 3. The molecule has 0 unspecified atom stereocenters. The average Bonchev–Trinajstić information content (AvgIpc) is 2.53. The molecule has 0 aliphatic rings. The van der Waals surface area contributed by atoms with Crippen LogP contribution in [0.15, 0.2) is 48.5 Å². The van der Waals surface area contributed by atoms with Gasteiger partial charge in [-0.3, -0.25) is 4.79 Å². The first-order valence-electron chi connectivity index (χ1n) is 6.86. The monoisotopic (exact) mass is 286 g/mol. The topological polar surface area (TPSA) is 44.8 Å². The fourth-order valence-electron chi connectivity index (χ4n) is 1.84. The minimum Gasteiger partial charge on any atom is -0.494 e. The zero-order valence-electron chi connectivity index (χ0n) is 12.0. The molecule has 2 aromatic carbocycles. The minimum absolute atomic E-state index is 0.365. The lowest BCUT2D eigenvalue weighted by molar-refractivity contribution is 0.111. The molecule has 0 fully saturated rings. The summed E-state index contributed by atoms with van der Waals surface area (Å²) in [5, 5.41) is 0. The van der Waals surface area contributed by atoms with Gasteiger partial charge in [0, 0.05) is 6.07 Å². The molecule has 0 bridgehead atoms. The van der Waals surface area contributed by atoms with Gasteiger partial charge in [0.25, 0.3) is 0 Å². The smallest absolute Gasteiger partial charge is 0.153 e. The van der Waals surface area contributed by atoms with Crippen LogP contribution in [0.1, 0.15) is 17.3 Å². The number of para-hydroxylation sites is 1. The Morgan fingerprint density at radius 3 is 2.38 bits per heavy atom. The number of carbonyl (C=O) groups excluding carboxylic acids is 1. The molecule has 2 aromatic rings. The summed E-state index contributed by atoms with van der Waals surface area (Å²) in [4.78, 5) is 10.9. The molecule has 0 aromatic heterocycles. The van der Waals surface area contributed by atoms with Crippen LogP contribution < -0.4 is 14.2 Å². The molecule has 4 heteroatoms. The first-order valence-corrected chi connectivity index (χ1v) is 6.86. The molecule has 0 saturated heterocycles. The van der Waals surface area contributed by atoms with Crippen LogP contribution in [0.3, 0.4) is 0 Å². The van der Waals surface area contributed by atoms with Crippen molar-refractivity contribution in [1.29, 1.82) is 0 Å². The second-order valence-electron chi connectivity index (χ2n) is 4.26. The number of carbonyl (C=O) groups is 1. The fraction of sp³-hybridized carbons (Fsp3) is 0.235. The molecule has 0 aliphatic carbocycles. The Balaban J connectivity index is 1.82. The van der Waals surface area contributed by atoms with Gasteiger partial charge in [-0.15, -0.1) is 0 Å². The molecule has 21 heavy (non-hydrogen) atoms. The van der Waals surface area contributed by atoms with Gasteiger partial charge in [-0.25, -0.2) is 0 Å². The van der Waals surface area contributed by atoms with E-state index in [1.807, 2.05) is 37.3 Å². The predicted octanol–water partition coefficient (Wildman–Crippen LogP) is 3.36. The summed E-state index contributed by atoms with van der Waals surface area (Å²) in [5.74, 6) is 2.08. The summed E-state index contributed by atoms with van der Waals surface area (Å²) in [6.45, 7) is 3.31. The van der Waals surface area contributed by atoms with E-state index in [4.69, 9.17) is 14.2 Å². The molecule has 0 heterocycles. The third kappa shape index (κ3) is 4.53. The first kappa shape index (κ1) is 14.9. The summed E-state index contributed by atoms with van der Waals surface area (Å²) >= 11 is 0. The highest BCUT2D eigenvalue weighted by Crippen LogP contribution is 2.19. The Hall–Kier alpha value is -2.49. The average molecular weight is 286 g/mol. The quantitative estimate of drug-likeness (QED) is 0.551. The summed E-state index contributed by atoms with van der Waals surface area (Å²) in [7, 11) is 0. The maximum atomic E-state index is 10.9. The van der Waals surface area contributed by atoms with Gasteiger partial charge in [-0.1, -0.05) is 18.2 Å². The van der Waals surface area contributed by atoms with Gasteiger partial charge < -0.3 is 14.2 Å². The molecule has 2 rings (SSSR count). The standard InChI is InChI=1S/C17H18O4/c1-2-19-15-7-5-8-16(12-15)20-10-11-21-17-9-4-3-6-14(17)13-18/h3-9,12-13H,2,10-11H2,1H3. The van der Waals surface area contributed by atoms with Crippen LogP contribution in [0, 0.1) is 0 Å². The molecule has 0 spiro atoms. The van der Waals surface area contributed by atoms with Crippen LogP contribution in [0.5, 0.6) is 17.2 Å². The van der Waals surface area contributed by atoms with E-state index < -0.39 is 0 Å². The Bertz CT molecular complexity index is 581. The van der Waals surface area contributed by atoms with Gasteiger partial charge in [-0.2, -0.15) is 0 Å². The Kier molecular flexibility index (Phi) is 5.64. The van der Waals surface area contributed by atoms with Crippen molar-refractivity contribution in [1.82, 2.24) is 0 Å². The van der Waals surface area contributed by atoms with Crippen LogP contribution in [0.4, 0.5) is 0 Å². The summed E-state index contributed by atoms with van der Waals surface area (Å²) in [6.07, 6.45) is 0.780. The van der Waals surface area contributed by atoms with Crippen LogP contribution in [-0.2, 0) is 0 Å². The number of hydrogen-bond donors (Lipinski definition) is 0. The Morgan fingerprint density at radius 2 is 1.62 bits per heavy atom. The SMILES string of the molecule is CCOc1cccc(OCCOc2ccccc2C=O)c1. The van der Waals surface area contributed by atoms with E-state index in [0.29, 0.717) is 31.1 Å². The van der Waals surface area contributed by atoms with E-state index in [1.54, 1.807) is 18.2 Å². The van der Waals surface area contributed by atoms with Gasteiger partial charge in [0.05, 0.1) is 12.2 Å². The minimum atomic E-state index is 0.365. The van der Waals surface area contributed by atoms with Gasteiger partial charge in [0.2, 0.25) is 0 Å². The highest BCUT2D eigenvalue weighted by molar-refractivity contribution is 5.79. The van der Waals surface area contributed by atoms with E-state index in [2.05, 4.69) is 0 Å². The van der Waals surface area contributed by atoms with E-state index in [9.17, 15) is 4.79 Å². The summed E-state index contributed by atoms with van der Waals surface area (Å²) < 4.78 is 16.5. The molecule has 110 valence electrons. The maximum Gasteiger partial charge on any atom is 0.153 e. The van der Waals surface area contributed by atoms with E-state index in [-0.39, 0.29) is 0 Å². The van der Waals surface area contributed by atoms with Crippen molar-refractivity contribution in [2.45, 2.75) is 6.92 Å². The molecule has 0 saturated carbocycles. The van der Waals surface area contributed by atoms with Crippen molar-refractivity contribution in [3.63, 3.8) is 0 Å². The lowest BCUT2D eigenvalue weighted by Gasteiger charge is -2.10. The Morgan fingerprint density at radius 1 is 0.905 bits per heavy atom. The third-order valence-electron chi connectivity index (χ3n) is 2.77. The van der Waals surface area contributed by atoms with Crippen LogP contribution in [-0.4, -0.2) is 26.1 Å². The zero-order valence-corrected chi connectivity index (χ0v) is 12.0. The molecule has 0 amide bonds. The lowest BCUT2D eigenvalue weighted by atomic mass is 10.2. The molecule has 0 atom stereocenters. The molecular formula is C17H18O4. The van der Waals surface area contributed by atoms with Gasteiger partial charge in [-0.05, 0) is 31.2 Å². The van der Waals surface area contributed by atoms with Crippen molar-refractivity contribution >= 4 is 6.29 Å². The molecule has 0 N–H and O–H groups in total. The van der Waals surface area contributed by atoms with E-state index >= 15 is 0 Å². The van der Waals surface area contributed by atoms with Crippen LogP contribution in [0.25, 0.3) is 0 Å². The van der Waals surface area contributed by atoms with Gasteiger partial charge in [0.15, 0.2) is 6.29 Å². The van der Waals surface area contributed by atoms with Gasteiger partial charge >= 0.3 is 0 Å². The molecule has 4 nitrogen and oxygen atoms in total. The second-order valence-corrected chi connectivity index (χ2v) is 4.26. The largest absolute Gasteiger partial charge is 0.494 e. The molecule has 0 radical (unpaired) electrons. The Labute approximate surface area is 124 Å². The van der Waals surface area contributed by atoms with Crippen LogP contribution >= 0.6 is 0 Å². The maximum absolute atomic E-state index is 10.9. The van der Waals surface area contributed by atoms with Crippen molar-refractivity contribution in [2.75, 3.05) is 19.8 Å². The first-order chi connectivity index (χ1) is 10.3. The number of hydrogen-bond acceptors (Lipinski definition) is 4. The second kappa shape index (κ2) is 7.94. The number of rotatable bonds is 8. The number of benzene rings is 2.